The second-order valence-corrected chi connectivity index (χ2v) is 8.54. The molecule has 3 aromatic carbocycles. The molecule has 2 atom stereocenters. The lowest BCUT2D eigenvalue weighted by molar-refractivity contribution is -0.124. The van der Waals surface area contributed by atoms with E-state index in [4.69, 9.17) is 4.74 Å². The molecule has 3 aromatic rings. The van der Waals surface area contributed by atoms with Crippen molar-refractivity contribution in [2.45, 2.75) is 25.1 Å². The van der Waals surface area contributed by atoms with Crippen LogP contribution < -0.4 is 10.6 Å². The van der Waals surface area contributed by atoms with Gasteiger partial charge in [0.15, 0.2) is 0 Å². The quantitative estimate of drug-likeness (QED) is 0.518. The van der Waals surface area contributed by atoms with Crippen molar-refractivity contribution in [2.24, 2.45) is 0 Å². The summed E-state index contributed by atoms with van der Waals surface area (Å²) in [5.41, 5.74) is 2.78. The summed E-state index contributed by atoms with van der Waals surface area (Å²) >= 11 is 0. The molecule has 176 valence electrons. The van der Waals surface area contributed by atoms with Gasteiger partial charge in [-0.3, -0.25) is 14.5 Å². The van der Waals surface area contributed by atoms with Crippen molar-refractivity contribution in [3.63, 3.8) is 0 Å². The number of rotatable bonds is 9. The molecule has 1 aliphatic rings. The third-order valence-electron chi connectivity index (χ3n) is 5.92. The summed E-state index contributed by atoms with van der Waals surface area (Å²) in [4.78, 5) is 28.2. The number of nitrogens with one attached hydrogen (secondary N) is 2. The average Bonchev–Trinajstić information content (AvgIpc) is 2.89. The van der Waals surface area contributed by atoms with Gasteiger partial charge in [-0.1, -0.05) is 78.9 Å². The van der Waals surface area contributed by atoms with Crippen molar-refractivity contribution in [1.29, 1.82) is 0 Å². The summed E-state index contributed by atoms with van der Waals surface area (Å²) in [6, 6.07) is 28.3. The van der Waals surface area contributed by atoms with Crippen LogP contribution in [0.2, 0.25) is 0 Å². The maximum Gasteiger partial charge on any atom is 0.251 e. The number of ether oxygens (including phenoxy) is 1. The van der Waals surface area contributed by atoms with Gasteiger partial charge in [-0.25, -0.2) is 0 Å². The number of hydrogen-bond acceptors (Lipinski definition) is 4. The minimum Gasteiger partial charge on any atom is -0.374 e. The molecule has 1 aliphatic heterocycles. The van der Waals surface area contributed by atoms with E-state index < -0.39 is 6.04 Å². The number of carbonyl (C=O) groups excluding carboxylic acids is 2. The van der Waals surface area contributed by atoms with E-state index >= 15 is 0 Å². The first kappa shape index (κ1) is 23.7. The molecule has 2 N–H and O–H groups in total. The van der Waals surface area contributed by atoms with Crippen LogP contribution in [0.3, 0.4) is 0 Å². The summed E-state index contributed by atoms with van der Waals surface area (Å²) < 4.78 is 5.90. The van der Waals surface area contributed by atoms with Gasteiger partial charge in [0.05, 0.1) is 12.7 Å². The Morgan fingerprint density at radius 3 is 2.18 bits per heavy atom. The van der Waals surface area contributed by atoms with Crippen LogP contribution in [0.15, 0.2) is 91.0 Å². The highest BCUT2D eigenvalue weighted by molar-refractivity contribution is 5.97. The van der Waals surface area contributed by atoms with E-state index in [0.717, 1.165) is 25.2 Å². The van der Waals surface area contributed by atoms with Crippen LogP contribution in [0.1, 0.15) is 21.5 Å². The van der Waals surface area contributed by atoms with E-state index in [1.165, 1.54) is 5.56 Å². The highest BCUT2D eigenvalue weighted by Crippen LogP contribution is 2.11. The number of morpholine rings is 1. The first-order valence-corrected chi connectivity index (χ1v) is 11.7. The molecule has 0 aliphatic carbocycles. The van der Waals surface area contributed by atoms with E-state index in [1.54, 1.807) is 12.1 Å². The summed E-state index contributed by atoms with van der Waals surface area (Å²) in [5.74, 6) is -0.475. The lowest BCUT2D eigenvalue weighted by Crippen LogP contribution is -2.52. The molecule has 0 radical (unpaired) electrons. The highest BCUT2D eigenvalue weighted by Gasteiger charge is 2.25. The number of benzene rings is 3. The molecule has 0 aromatic heterocycles. The van der Waals surface area contributed by atoms with Gasteiger partial charge >= 0.3 is 0 Å². The SMILES string of the molecule is O=C(NC(Cc1ccccc1)C(=O)NCC1CN(Cc2ccccc2)CCO1)c1ccccc1. The van der Waals surface area contributed by atoms with Gasteiger partial charge in [0.2, 0.25) is 5.91 Å². The van der Waals surface area contributed by atoms with Crippen molar-refractivity contribution >= 4 is 11.8 Å². The molecule has 1 saturated heterocycles. The fourth-order valence-electron chi connectivity index (χ4n) is 4.12. The molecule has 2 amide bonds. The summed E-state index contributed by atoms with van der Waals surface area (Å²) in [5, 5.41) is 5.92. The minimum atomic E-state index is -0.681. The van der Waals surface area contributed by atoms with Gasteiger partial charge in [0.25, 0.3) is 5.91 Å². The summed E-state index contributed by atoms with van der Waals surface area (Å²) in [6.45, 7) is 3.50. The van der Waals surface area contributed by atoms with E-state index in [2.05, 4.69) is 27.7 Å². The van der Waals surface area contributed by atoms with Crippen LogP contribution in [-0.4, -0.2) is 55.1 Å². The average molecular weight is 458 g/mol. The van der Waals surface area contributed by atoms with Gasteiger partial charge < -0.3 is 15.4 Å². The van der Waals surface area contributed by atoms with E-state index in [0.29, 0.717) is 25.1 Å². The largest absolute Gasteiger partial charge is 0.374 e. The van der Waals surface area contributed by atoms with Crippen molar-refractivity contribution in [2.75, 3.05) is 26.2 Å². The van der Waals surface area contributed by atoms with Crippen molar-refractivity contribution in [1.82, 2.24) is 15.5 Å². The Morgan fingerprint density at radius 1 is 0.882 bits per heavy atom. The Bertz CT molecular complexity index is 1040. The number of hydrogen-bond donors (Lipinski definition) is 2. The Hall–Kier alpha value is -3.48. The highest BCUT2D eigenvalue weighted by atomic mass is 16.5. The lowest BCUT2D eigenvalue weighted by atomic mass is 10.0. The molecule has 1 heterocycles. The van der Waals surface area contributed by atoms with Crippen LogP contribution in [0.5, 0.6) is 0 Å². The second kappa shape index (κ2) is 12.1. The molecule has 6 nitrogen and oxygen atoms in total. The van der Waals surface area contributed by atoms with Crippen LogP contribution in [0, 0.1) is 0 Å². The minimum absolute atomic E-state index is 0.0939. The van der Waals surface area contributed by atoms with Gasteiger partial charge in [-0.15, -0.1) is 0 Å². The van der Waals surface area contributed by atoms with Gasteiger partial charge in [0, 0.05) is 38.2 Å². The molecule has 1 fully saturated rings. The molecule has 0 saturated carbocycles. The predicted octanol–water partition coefficient (Wildman–Crippen LogP) is 3.04. The standard InChI is InChI=1S/C28H31N3O3/c32-27(24-14-8-3-9-15-24)30-26(18-22-10-4-1-5-11-22)28(33)29-19-25-21-31(16-17-34-25)20-23-12-6-2-7-13-23/h1-15,25-26H,16-21H2,(H,29,33)(H,30,32). The zero-order valence-electron chi connectivity index (χ0n) is 19.2. The topological polar surface area (TPSA) is 70.7 Å². The Morgan fingerprint density at radius 2 is 1.50 bits per heavy atom. The van der Waals surface area contributed by atoms with Crippen LogP contribution in [-0.2, 0) is 22.5 Å². The third-order valence-corrected chi connectivity index (χ3v) is 5.92. The molecule has 6 heteroatoms. The fourth-order valence-corrected chi connectivity index (χ4v) is 4.12. The normalized spacial score (nSPS) is 17.0. The predicted molar refractivity (Wildman–Crippen MR) is 132 cm³/mol. The van der Waals surface area contributed by atoms with Crippen LogP contribution in [0.25, 0.3) is 0 Å². The third kappa shape index (κ3) is 7.01. The van der Waals surface area contributed by atoms with Crippen LogP contribution in [0.4, 0.5) is 0 Å². The number of nitrogens with zero attached hydrogens (tertiary/aromatic N) is 1. The first-order chi connectivity index (χ1) is 16.7. The number of carbonyl (C=O) groups is 2. The molecular weight excluding hydrogens is 426 g/mol. The maximum atomic E-state index is 13.1. The Balaban J connectivity index is 1.35. The number of amides is 2. The molecule has 0 bridgehead atoms. The van der Waals surface area contributed by atoms with Crippen LogP contribution >= 0.6 is 0 Å². The van der Waals surface area contributed by atoms with Gasteiger partial charge in [0.1, 0.15) is 6.04 Å². The zero-order valence-corrected chi connectivity index (χ0v) is 19.2. The monoisotopic (exact) mass is 457 g/mol. The maximum absolute atomic E-state index is 13.1. The molecule has 34 heavy (non-hydrogen) atoms. The molecule has 4 rings (SSSR count). The second-order valence-electron chi connectivity index (χ2n) is 8.54. The Labute approximate surface area is 200 Å². The zero-order chi connectivity index (χ0) is 23.6. The first-order valence-electron chi connectivity index (χ1n) is 11.7. The van der Waals surface area contributed by atoms with Crippen molar-refractivity contribution < 1.29 is 14.3 Å². The van der Waals surface area contributed by atoms with Gasteiger partial charge in [-0.2, -0.15) is 0 Å². The van der Waals surface area contributed by atoms with Gasteiger partial charge in [-0.05, 0) is 23.3 Å². The molecule has 0 spiro atoms. The summed E-state index contributed by atoms with van der Waals surface area (Å²) in [7, 11) is 0. The molecule has 2 unspecified atom stereocenters. The van der Waals surface area contributed by atoms with E-state index in [9.17, 15) is 9.59 Å². The Kier molecular flexibility index (Phi) is 8.43. The smallest absolute Gasteiger partial charge is 0.251 e. The lowest BCUT2D eigenvalue weighted by Gasteiger charge is -2.33. The van der Waals surface area contributed by atoms with Crippen molar-refractivity contribution in [3.8, 4) is 0 Å². The van der Waals surface area contributed by atoms with E-state index in [1.807, 2.05) is 66.7 Å². The fraction of sp³-hybridized carbons (Fsp3) is 0.286. The van der Waals surface area contributed by atoms with E-state index in [-0.39, 0.29) is 17.9 Å². The van der Waals surface area contributed by atoms with Crippen molar-refractivity contribution in [3.05, 3.63) is 108 Å². The molecular formula is C28H31N3O3. The summed E-state index contributed by atoms with van der Waals surface area (Å²) in [6.07, 6.45) is 0.320.